The Morgan fingerprint density at radius 2 is 1.72 bits per heavy atom. The average Bonchev–Trinajstić information content (AvgIpc) is 2.55. The molecule has 0 saturated heterocycles. The van der Waals surface area contributed by atoms with E-state index in [1.165, 1.54) is 24.3 Å². The third kappa shape index (κ3) is 5.47. The van der Waals surface area contributed by atoms with E-state index in [1.807, 2.05) is 0 Å². The second kappa shape index (κ2) is 8.23. The molecule has 0 aliphatic carbocycles. The van der Waals surface area contributed by atoms with Crippen molar-refractivity contribution in [2.24, 2.45) is 0 Å². The molecular formula is C15H11BrCl3N3O3. The third-order valence-electron chi connectivity index (χ3n) is 3.10. The first-order chi connectivity index (χ1) is 11.7. The number of amides is 1. The molecule has 0 radical (unpaired) electrons. The predicted octanol–water partition coefficient (Wildman–Crippen LogP) is 4.90. The fourth-order valence-electron chi connectivity index (χ4n) is 1.95. The smallest absolute Gasteiger partial charge is 0.282 e. The Morgan fingerprint density at radius 3 is 2.28 bits per heavy atom. The van der Waals surface area contributed by atoms with E-state index in [1.54, 1.807) is 24.3 Å². The topological polar surface area (TPSA) is 84.3 Å². The number of halogens is 4. The molecule has 0 spiro atoms. The van der Waals surface area contributed by atoms with E-state index >= 15 is 0 Å². The van der Waals surface area contributed by atoms with Crippen LogP contribution in [0, 0.1) is 10.1 Å². The van der Waals surface area contributed by atoms with Gasteiger partial charge in [-0.1, -0.05) is 62.9 Å². The number of anilines is 1. The molecule has 2 aromatic rings. The summed E-state index contributed by atoms with van der Waals surface area (Å²) in [5, 5.41) is 16.4. The summed E-state index contributed by atoms with van der Waals surface area (Å²) in [6, 6.07) is 12.5. The summed E-state index contributed by atoms with van der Waals surface area (Å²) in [4.78, 5) is 22.8. The highest BCUT2D eigenvalue weighted by Gasteiger charge is 2.35. The predicted molar refractivity (Wildman–Crippen MR) is 102 cm³/mol. The summed E-state index contributed by atoms with van der Waals surface area (Å²) in [7, 11) is 0. The second-order valence-corrected chi connectivity index (χ2v) is 8.16. The molecule has 132 valence electrons. The Kier molecular flexibility index (Phi) is 6.51. The molecule has 0 bridgehead atoms. The van der Waals surface area contributed by atoms with Crippen LogP contribution in [0.5, 0.6) is 0 Å². The Hall–Kier alpha value is -1.54. The van der Waals surface area contributed by atoms with Crippen molar-refractivity contribution in [1.29, 1.82) is 0 Å². The standard InChI is InChI=1S/C15H11BrCl3N3O3/c16-9-5-7-10(8-6-9)20-14(15(17,18)19)21-13(23)11-3-1-2-4-12(11)22(24)25/h1-8,14,20H,(H,21,23). The normalized spacial score (nSPS) is 12.3. The van der Waals surface area contributed by atoms with Gasteiger partial charge in [-0.05, 0) is 30.3 Å². The summed E-state index contributed by atoms with van der Waals surface area (Å²) in [6.07, 6.45) is -1.12. The van der Waals surface area contributed by atoms with Gasteiger partial charge in [-0.15, -0.1) is 0 Å². The molecule has 1 unspecified atom stereocenters. The molecule has 2 N–H and O–H groups in total. The van der Waals surface area contributed by atoms with E-state index in [-0.39, 0.29) is 11.3 Å². The summed E-state index contributed by atoms with van der Waals surface area (Å²) in [5.41, 5.74) is 0.110. The molecule has 0 fully saturated rings. The number of alkyl halides is 3. The molecule has 25 heavy (non-hydrogen) atoms. The largest absolute Gasteiger partial charge is 0.362 e. The minimum atomic E-state index is -1.90. The zero-order valence-corrected chi connectivity index (χ0v) is 16.2. The molecule has 1 amide bonds. The van der Waals surface area contributed by atoms with Crippen LogP contribution in [0.3, 0.4) is 0 Å². The van der Waals surface area contributed by atoms with E-state index in [0.717, 1.165) is 4.47 Å². The maximum atomic E-state index is 12.4. The molecule has 0 heterocycles. The first-order valence-corrected chi connectivity index (χ1v) is 8.74. The summed E-state index contributed by atoms with van der Waals surface area (Å²) >= 11 is 21.1. The van der Waals surface area contributed by atoms with Crippen LogP contribution < -0.4 is 10.6 Å². The van der Waals surface area contributed by atoms with E-state index in [0.29, 0.717) is 5.69 Å². The van der Waals surface area contributed by atoms with Gasteiger partial charge in [-0.2, -0.15) is 0 Å². The highest BCUT2D eigenvalue weighted by molar-refractivity contribution is 9.10. The van der Waals surface area contributed by atoms with Crippen LogP contribution >= 0.6 is 50.7 Å². The maximum Gasteiger partial charge on any atom is 0.282 e. The van der Waals surface area contributed by atoms with Crippen LogP contribution in [-0.4, -0.2) is 20.8 Å². The fourth-order valence-corrected chi connectivity index (χ4v) is 2.54. The Balaban J connectivity index is 2.24. The fraction of sp³-hybridized carbons (Fsp3) is 0.133. The number of hydrogen-bond donors (Lipinski definition) is 2. The number of para-hydroxylation sites is 1. The molecule has 0 aromatic heterocycles. The van der Waals surface area contributed by atoms with Gasteiger partial charge >= 0.3 is 0 Å². The van der Waals surface area contributed by atoms with Gasteiger partial charge in [-0.25, -0.2) is 0 Å². The van der Waals surface area contributed by atoms with Gasteiger partial charge in [-0.3, -0.25) is 14.9 Å². The number of rotatable bonds is 5. The van der Waals surface area contributed by atoms with Crippen LogP contribution in [0.4, 0.5) is 11.4 Å². The lowest BCUT2D eigenvalue weighted by Crippen LogP contribution is -2.49. The van der Waals surface area contributed by atoms with Crippen LogP contribution in [0.25, 0.3) is 0 Å². The van der Waals surface area contributed by atoms with Gasteiger partial charge in [0.2, 0.25) is 3.79 Å². The number of carbonyl (C=O) groups is 1. The SMILES string of the molecule is O=C(NC(Nc1ccc(Br)cc1)C(Cl)(Cl)Cl)c1ccccc1[N+](=O)[O-]. The van der Waals surface area contributed by atoms with Crippen molar-refractivity contribution in [3.05, 3.63) is 68.7 Å². The van der Waals surface area contributed by atoms with Crippen LogP contribution in [0.1, 0.15) is 10.4 Å². The number of carbonyl (C=O) groups excluding carboxylic acids is 1. The molecule has 2 rings (SSSR count). The molecular weight excluding hydrogens is 456 g/mol. The van der Waals surface area contributed by atoms with Crippen molar-refractivity contribution < 1.29 is 9.72 Å². The quantitative estimate of drug-likeness (QED) is 0.284. The zero-order valence-electron chi connectivity index (χ0n) is 12.4. The van der Waals surface area contributed by atoms with Crippen LogP contribution in [-0.2, 0) is 0 Å². The van der Waals surface area contributed by atoms with Gasteiger partial charge in [0.1, 0.15) is 11.7 Å². The zero-order chi connectivity index (χ0) is 18.6. The molecule has 2 aromatic carbocycles. The first kappa shape index (κ1) is 19.8. The number of hydrogen-bond acceptors (Lipinski definition) is 4. The number of nitrogens with one attached hydrogen (secondary N) is 2. The van der Waals surface area contributed by atoms with Gasteiger partial charge in [0, 0.05) is 16.2 Å². The summed E-state index contributed by atoms with van der Waals surface area (Å²) < 4.78 is -1.04. The van der Waals surface area contributed by atoms with Crippen molar-refractivity contribution in [3.8, 4) is 0 Å². The highest BCUT2D eigenvalue weighted by Crippen LogP contribution is 2.32. The van der Waals surface area contributed by atoms with Gasteiger partial charge in [0.15, 0.2) is 0 Å². The van der Waals surface area contributed by atoms with Crippen molar-refractivity contribution in [1.82, 2.24) is 5.32 Å². The monoisotopic (exact) mass is 465 g/mol. The van der Waals surface area contributed by atoms with Crippen LogP contribution in [0.2, 0.25) is 0 Å². The Labute approximate surface area is 166 Å². The number of nitro benzene ring substituents is 1. The van der Waals surface area contributed by atoms with Gasteiger partial charge in [0.05, 0.1) is 4.92 Å². The number of nitro groups is 1. The molecule has 1 atom stereocenters. The van der Waals surface area contributed by atoms with E-state index in [2.05, 4.69) is 26.6 Å². The Bertz CT molecular complexity index is 782. The lowest BCUT2D eigenvalue weighted by atomic mass is 10.1. The minimum absolute atomic E-state index is 0.135. The van der Waals surface area contributed by atoms with Gasteiger partial charge < -0.3 is 10.6 Å². The van der Waals surface area contributed by atoms with Crippen molar-refractivity contribution in [3.63, 3.8) is 0 Å². The molecule has 6 nitrogen and oxygen atoms in total. The lowest BCUT2D eigenvalue weighted by molar-refractivity contribution is -0.385. The Morgan fingerprint density at radius 1 is 1.12 bits per heavy atom. The number of benzene rings is 2. The first-order valence-electron chi connectivity index (χ1n) is 6.81. The summed E-state index contributed by atoms with van der Waals surface area (Å²) in [6.45, 7) is 0. The highest BCUT2D eigenvalue weighted by atomic mass is 79.9. The van der Waals surface area contributed by atoms with E-state index in [4.69, 9.17) is 34.8 Å². The molecule has 0 aliphatic rings. The van der Waals surface area contributed by atoms with E-state index in [9.17, 15) is 14.9 Å². The second-order valence-electron chi connectivity index (χ2n) is 4.87. The molecule has 0 saturated carbocycles. The van der Waals surface area contributed by atoms with Crippen molar-refractivity contribution in [2.75, 3.05) is 5.32 Å². The number of nitrogens with zero attached hydrogens (tertiary/aromatic N) is 1. The summed E-state index contributed by atoms with van der Waals surface area (Å²) in [5.74, 6) is -0.742. The van der Waals surface area contributed by atoms with E-state index < -0.39 is 20.8 Å². The maximum absolute atomic E-state index is 12.4. The van der Waals surface area contributed by atoms with Crippen molar-refractivity contribution in [2.45, 2.75) is 9.96 Å². The third-order valence-corrected chi connectivity index (χ3v) is 4.29. The van der Waals surface area contributed by atoms with Crippen LogP contribution in [0.15, 0.2) is 53.0 Å². The minimum Gasteiger partial charge on any atom is -0.362 e. The van der Waals surface area contributed by atoms with Gasteiger partial charge in [0.25, 0.3) is 11.6 Å². The van der Waals surface area contributed by atoms with Crippen molar-refractivity contribution >= 4 is 68.0 Å². The molecule has 0 aliphatic heterocycles. The lowest BCUT2D eigenvalue weighted by Gasteiger charge is -2.27. The average molecular weight is 468 g/mol. The molecule has 10 heteroatoms.